The Labute approximate surface area is 358 Å². The van der Waals surface area contributed by atoms with Crippen LogP contribution in [0, 0.1) is 0 Å². The van der Waals surface area contributed by atoms with Crippen LogP contribution in [0.2, 0.25) is 0 Å². The lowest BCUT2D eigenvalue weighted by Gasteiger charge is -2.18. The van der Waals surface area contributed by atoms with Crippen LogP contribution in [0.25, 0.3) is 0 Å². The Bertz CT molecular complexity index is 1070. The summed E-state index contributed by atoms with van der Waals surface area (Å²) in [6, 6.07) is 0. The van der Waals surface area contributed by atoms with Crippen LogP contribution >= 0.6 is 0 Å². The summed E-state index contributed by atoms with van der Waals surface area (Å²) in [7, 11) is 0. The summed E-state index contributed by atoms with van der Waals surface area (Å²) in [6.07, 6.45) is 56.7. The Hall–Kier alpha value is -2.89. The maximum Gasteiger partial charge on any atom is 0.306 e. The Balaban J connectivity index is 4.15. The van der Waals surface area contributed by atoms with E-state index >= 15 is 0 Å². The number of esters is 3. The monoisotopic (exact) mass is 811 g/mol. The molecule has 0 fully saturated rings. The average molecular weight is 811 g/mol. The molecule has 0 saturated carbocycles. The standard InChI is InChI=1S/C52H90O6/c1-4-7-10-13-15-17-19-21-22-23-24-25-26-27-28-29-30-31-33-34-36-39-42-45-51(54)57-48-49(47-56-50(53)44-41-38-12-9-6-3)58-52(55)46-43-40-37-35-32-20-18-16-14-11-8-5-2/h7,10,15,17,21-22,24-25,27-28,49H,4-6,8-9,11-14,16,18-20,23,26,29-48H2,1-3H3/b10-7-,17-15-,22-21-,25-24-,28-27-. The Morgan fingerprint density at radius 1 is 0.362 bits per heavy atom. The molecule has 0 aromatic carbocycles. The number of carbonyl (C=O) groups is 3. The number of ether oxygens (including phenoxy) is 3. The molecule has 0 heterocycles. The summed E-state index contributed by atoms with van der Waals surface area (Å²) in [4.78, 5) is 37.5. The molecule has 1 unspecified atom stereocenters. The van der Waals surface area contributed by atoms with Gasteiger partial charge in [-0.1, -0.05) is 210 Å². The van der Waals surface area contributed by atoms with E-state index in [1.54, 1.807) is 0 Å². The van der Waals surface area contributed by atoms with Gasteiger partial charge in [-0.15, -0.1) is 0 Å². The molecule has 0 amide bonds. The minimum absolute atomic E-state index is 0.0770. The van der Waals surface area contributed by atoms with Gasteiger partial charge in [-0.3, -0.25) is 14.4 Å². The SMILES string of the molecule is CC/C=C\C/C=C\C/C=C\C/C=C\C/C=C\CCCCCCCCCC(=O)OCC(COC(=O)CCCCCCC)OC(=O)CCCCCCCCCCCCCC. The lowest BCUT2D eigenvalue weighted by Crippen LogP contribution is -2.30. The van der Waals surface area contributed by atoms with Crippen LogP contribution in [-0.2, 0) is 28.6 Å². The van der Waals surface area contributed by atoms with Gasteiger partial charge < -0.3 is 14.2 Å². The highest BCUT2D eigenvalue weighted by molar-refractivity contribution is 5.71. The van der Waals surface area contributed by atoms with E-state index in [4.69, 9.17) is 14.2 Å². The van der Waals surface area contributed by atoms with E-state index in [9.17, 15) is 14.4 Å². The molecule has 0 spiro atoms. The van der Waals surface area contributed by atoms with Gasteiger partial charge in [0.25, 0.3) is 0 Å². The first-order valence-corrected chi connectivity index (χ1v) is 24.3. The topological polar surface area (TPSA) is 78.9 Å². The highest BCUT2D eigenvalue weighted by atomic mass is 16.6. The molecule has 6 nitrogen and oxygen atoms in total. The van der Waals surface area contributed by atoms with Crippen molar-refractivity contribution in [1.29, 1.82) is 0 Å². The van der Waals surface area contributed by atoms with Crippen molar-refractivity contribution in [3.8, 4) is 0 Å². The fourth-order valence-electron chi connectivity index (χ4n) is 6.64. The van der Waals surface area contributed by atoms with Crippen LogP contribution in [0.4, 0.5) is 0 Å². The van der Waals surface area contributed by atoms with Crippen molar-refractivity contribution in [2.24, 2.45) is 0 Å². The second-order valence-electron chi connectivity index (χ2n) is 16.0. The maximum absolute atomic E-state index is 12.7. The fourth-order valence-corrected chi connectivity index (χ4v) is 6.64. The van der Waals surface area contributed by atoms with E-state index in [0.29, 0.717) is 19.3 Å². The minimum atomic E-state index is -0.771. The third-order valence-electron chi connectivity index (χ3n) is 10.3. The lowest BCUT2D eigenvalue weighted by atomic mass is 10.0. The summed E-state index contributed by atoms with van der Waals surface area (Å²) < 4.78 is 16.6. The highest BCUT2D eigenvalue weighted by Crippen LogP contribution is 2.14. The molecular weight excluding hydrogens is 721 g/mol. The first-order chi connectivity index (χ1) is 28.5. The zero-order valence-corrected chi connectivity index (χ0v) is 38.0. The lowest BCUT2D eigenvalue weighted by molar-refractivity contribution is -0.167. The molecule has 0 aliphatic heterocycles. The third kappa shape index (κ3) is 44.2. The fraction of sp³-hybridized carbons (Fsp3) is 0.750. The average Bonchev–Trinajstić information content (AvgIpc) is 3.22. The number of carbonyl (C=O) groups excluding carboxylic acids is 3. The van der Waals surface area contributed by atoms with Crippen molar-refractivity contribution in [3.63, 3.8) is 0 Å². The quantitative estimate of drug-likeness (QED) is 0.0264. The molecule has 0 radical (unpaired) electrons. The van der Waals surface area contributed by atoms with Gasteiger partial charge in [0.05, 0.1) is 0 Å². The predicted octanol–water partition coefficient (Wildman–Crippen LogP) is 15.7. The minimum Gasteiger partial charge on any atom is -0.462 e. The zero-order valence-electron chi connectivity index (χ0n) is 38.0. The van der Waals surface area contributed by atoms with E-state index in [2.05, 4.69) is 81.5 Å². The molecular formula is C52H90O6. The van der Waals surface area contributed by atoms with Crippen molar-refractivity contribution in [3.05, 3.63) is 60.8 Å². The van der Waals surface area contributed by atoms with Gasteiger partial charge in [0.1, 0.15) is 13.2 Å². The number of hydrogen-bond donors (Lipinski definition) is 0. The summed E-state index contributed by atoms with van der Waals surface area (Å²) in [5, 5.41) is 0. The van der Waals surface area contributed by atoms with Gasteiger partial charge in [0.15, 0.2) is 6.10 Å². The molecule has 0 saturated heterocycles. The van der Waals surface area contributed by atoms with Crippen LogP contribution < -0.4 is 0 Å². The van der Waals surface area contributed by atoms with Gasteiger partial charge in [0, 0.05) is 19.3 Å². The van der Waals surface area contributed by atoms with Gasteiger partial charge in [0.2, 0.25) is 0 Å². The molecule has 58 heavy (non-hydrogen) atoms. The van der Waals surface area contributed by atoms with E-state index in [1.807, 2.05) is 0 Å². The van der Waals surface area contributed by atoms with Crippen molar-refractivity contribution in [1.82, 2.24) is 0 Å². The van der Waals surface area contributed by atoms with Crippen LogP contribution in [0.1, 0.15) is 233 Å². The first-order valence-electron chi connectivity index (χ1n) is 24.3. The predicted molar refractivity (Wildman–Crippen MR) is 247 cm³/mol. The second kappa shape index (κ2) is 46.8. The molecule has 334 valence electrons. The summed E-state index contributed by atoms with van der Waals surface area (Å²) in [5.41, 5.74) is 0. The second-order valence-corrected chi connectivity index (χ2v) is 16.0. The van der Waals surface area contributed by atoms with E-state index in [1.165, 1.54) is 89.9 Å². The number of allylic oxidation sites excluding steroid dienone is 10. The molecule has 0 aromatic heterocycles. The zero-order chi connectivity index (χ0) is 42.3. The number of unbranched alkanes of at least 4 members (excludes halogenated alkanes) is 22. The first kappa shape index (κ1) is 55.1. The van der Waals surface area contributed by atoms with E-state index in [-0.39, 0.29) is 31.1 Å². The summed E-state index contributed by atoms with van der Waals surface area (Å²) in [5.74, 6) is -0.901. The maximum atomic E-state index is 12.7. The number of hydrogen-bond acceptors (Lipinski definition) is 6. The van der Waals surface area contributed by atoms with E-state index in [0.717, 1.165) is 103 Å². The molecule has 0 aromatic rings. The smallest absolute Gasteiger partial charge is 0.306 e. The summed E-state index contributed by atoms with van der Waals surface area (Å²) >= 11 is 0. The largest absolute Gasteiger partial charge is 0.462 e. The van der Waals surface area contributed by atoms with Crippen LogP contribution in [0.15, 0.2) is 60.8 Å². The molecule has 0 aliphatic rings. The van der Waals surface area contributed by atoms with Crippen molar-refractivity contribution in [2.75, 3.05) is 13.2 Å². The van der Waals surface area contributed by atoms with Crippen LogP contribution in [-0.4, -0.2) is 37.2 Å². The van der Waals surface area contributed by atoms with Crippen LogP contribution in [0.5, 0.6) is 0 Å². The molecule has 0 bridgehead atoms. The summed E-state index contributed by atoms with van der Waals surface area (Å²) in [6.45, 7) is 6.42. The molecule has 0 aliphatic carbocycles. The normalized spacial score (nSPS) is 12.5. The molecule has 1 atom stereocenters. The van der Waals surface area contributed by atoms with E-state index < -0.39 is 6.10 Å². The highest BCUT2D eigenvalue weighted by Gasteiger charge is 2.19. The van der Waals surface area contributed by atoms with Gasteiger partial charge >= 0.3 is 17.9 Å². The van der Waals surface area contributed by atoms with Crippen molar-refractivity contribution >= 4 is 17.9 Å². The number of rotatable bonds is 43. The van der Waals surface area contributed by atoms with Gasteiger partial charge in [-0.25, -0.2) is 0 Å². The Morgan fingerprint density at radius 3 is 1.05 bits per heavy atom. The molecule has 6 heteroatoms. The van der Waals surface area contributed by atoms with Crippen LogP contribution in [0.3, 0.4) is 0 Å². The molecule has 0 rings (SSSR count). The van der Waals surface area contributed by atoms with Gasteiger partial charge in [-0.2, -0.15) is 0 Å². The third-order valence-corrected chi connectivity index (χ3v) is 10.3. The Kier molecular flexibility index (Phi) is 44.5. The van der Waals surface area contributed by atoms with Crippen molar-refractivity contribution in [2.45, 2.75) is 239 Å². The van der Waals surface area contributed by atoms with Gasteiger partial charge in [-0.05, 0) is 64.2 Å². The Morgan fingerprint density at radius 2 is 0.672 bits per heavy atom. The molecule has 0 N–H and O–H groups in total. The van der Waals surface area contributed by atoms with Crippen molar-refractivity contribution < 1.29 is 28.6 Å².